The Bertz CT molecular complexity index is 677. The van der Waals surface area contributed by atoms with Crippen LogP contribution in [0.2, 0.25) is 0 Å². The number of methoxy groups -OCH3 is 1. The van der Waals surface area contributed by atoms with E-state index in [9.17, 15) is 9.90 Å². The zero-order valence-corrected chi connectivity index (χ0v) is 12.6. The highest BCUT2D eigenvalue weighted by Gasteiger charge is 2.08. The summed E-state index contributed by atoms with van der Waals surface area (Å²) in [6.45, 7) is 0. The number of aromatic nitrogens is 2. The Balaban J connectivity index is 2.23. The van der Waals surface area contributed by atoms with Gasteiger partial charge in [-0.05, 0) is 39.7 Å². The molecule has 20 heavy (non-hydrogen) atoms. The number of hydrogen-bond donors (Lipinski definition) is 1. The van der Waals surface area contributed by atoms with Gasteiger partial charge in [-0.15, -0.1) is 0 Å². The molecular weight excluding hydrogens is 324 g/mol. The van der Waals surface area contributed by atoms with Gasteiger partial charge in [0, 0.05) is 13.2 Å². The van der Waals surface area contributed by atoms with Gasteiger partial charge in [-0.3, -0.25) is 9.48 Å². The van der Waals surface area contributed by atoms with Crippen molar-refractivity contribution in [1.82, 2.24) is 9.78 Å². The van der Waals surface area contributed by atoms with Crippen LogP contribution in [0, 0.1) is 0 Å². The highest BCUT2D eigenvalue weighted by molar-refractivity contribution is 9.10. The van der Waals surface area contributed by atoms with E-state index in [-0.39, 0.29) is 11.5 Å². The molecule has 0 fully saturated rings. The summed E-state index contributed by atoms with van der Waals surface area (Å²) in [4.78, 5) is 11.9. The fraction of sp³-hybridized carbons (Fsp3) is 0.143. The Morgan fingerprint density at radius 2 is 2.25 bits per heavy atom. The first kappa shape index (κ1) is 14.3. The summed E-state index contributed by atoms with van der Waals surface area (Å²) in [5.41, 5.74) is 1.26. The smallest absolute Gasteiger partial charge is 0.189 e. The van der Waals surface area contributed by atoms with E-state index in [2.05, 4.69) is 21.0 Å². The van der Waals surface area contributed by atoms with E-state index in [1.54, 1.807) is 36.1 Å². The normalized spacial score (nSPS) is 10.9. The average molecular weight is 337 g/mol. The number of nitrogens with zero attached hydrogens (tertiary/aromatic N) is 2. The molecule has 0 saturated carbocycles. The van der Waals surface area contributed by atoms with Crippen molar-refractivity contribution in [3.05, 3.63) is 46.2 Å². The molecule has 6 heteroatoms. The Hall–Kier alpha value is -2.08. The second-order valence-corrected chi connectivity index (χ2v) is 5.01. The standard InChI is InChI=1S/C14H13BrN2O3/c1-17-8-10(7-16-17)12(18)4-3-9-5-11(15)14(19)13(6-9)20-2/h3-8,19H,1-2H3. The predicted molar refractivity (Wildman–Crippen MR) is 78.9 cm³/mol. The third kappa shape index (κ3) is 3.08. The third-order valence-corrected chi connectivity index (χ3v) is 3.29. The number of allylic oxidation sites excluding steroid dienone is 1. The molecule has 0 aliphatic carbocycles. The Labute approximate surface area is 124 Å². The van der Waals surface area contributed by atoms with Gasteiger partial charge >= 0.3 is 0 Å². The van der Waals surface area contributed by atoms with Gasteiger partial charge in [0.2, 0.25) is 0 Å². The van der Waals surface area contributed by atoms with Crippen molar-refractivity contribution in [2.45, 2.75) is 0 Å². The molecule has 0 unspecified atom stereocenters. The molecule has 0 radical (unpaired) electrons. The minimum atomic E-state index is -0.138. The summed E-state index contributed by atoms with van der Waals surface area (Å²) >= 11 is 3.23. The van der Waals surface area contributed by atoms with E-state index in [1.165, 1.54) is 19.4 Å². The number of rotatable bonds is 4. The van der Waals surface area contributed by atoms with Crippen molar-refractivity contribution < 1.29 is 14.6 Å². The van der Waals surface area contributed by atoms with Crippen molar-refractivity contribution in [2.75, 3.05) is 7.11 Å². The third-order valence-electron chi connectivity index (χ3n) is 2.69. The zero-order chi connectivity index (χ0) is 14.7. The average Bonchev–Trinajstić information content (AvgIpc) is 2.86. The molecule has 0 bridgehead atoms. The van der Waals surface area contributed by atoms with Gasteiger partial charge in [0.25, 0.3) is 0 Å². The lowest BCUT2D eigenvalue weighted by molar-refractivity contribution is 0.104. The van der Waals surface area contributed by atoms with Gasteiger partial charge < -0.3 is 9.84 Å². The van der Waals surface area contributed by atoms with Crippen molar-refractivity contribution in [2.24, 2.45) is 7.05 Å². The maximum atomic E-state index is 11.9. The summed E-state index contributed by atoms with van der Waals surface area (Å²) in [5, 5.41) is 13.7. The molecule has 0 spiro atoms. The number of aromatic hydroxyl groups is 1. The van der Waals surface area contributed by atoms with Crippen LogP contribution >= 0.6 is 15.9 Å². The fourth-order valence-electron chi connectivity index (χ4n) is 1.66. The van der Waals surface area contributed by atoms with Crippen molar-refractivity contribution >= 4 is 27.8 Å². The molecule has 0 atom stereocenters. The number of aryl methyl sites for hydroxylation is 1. The number of carbonyl (C=O) groups is 1. The van der Waals surface area contributed by atoms with Gasteiger partial charge in [0.05, 0.1) is 23.3 Å². The van der Waals surface area contributed by atoms with E-state index in [0.29, 0.717) is 15.8 Å². The number of ether oxygens (including phenoxy) is 1. The van der Waals surface area contributed by atoms with E-state index in [0.717, 1.165) is 5.56 Å². The second-order valence-electron chi connectivity index (χ2n) is 4.15. The number of hydrogen-bond acceptors (Lipinski definition) is 4. The van der Waals surface area contributed by atoms with E-state index in [4.69, 9.17) is 4.74 Å². The predicted octanol–water partition coefficient (Wildman–Crippen LogP) is 2.79. The molecule has 1 aromatic carbocycles. The maximum Gasteiger partial charge on any atom is 0.189 e. The summed E-state index contributed by atoms with van der Waals surface area (Å²) in [6, 6.07) is 3.35. The summed E-state index contributed by atoms with van der Waals surface area (Å²) < 4.78 is 7.12. The van der Waals surface area contributed by atoms with Crippen LogP contribution in [0.1, 0.15) is 15.9 Å². The van der Waals surface area contributed by atoms with E-state index < -0.39 is 0 Å². The number of phenols is 1. The molecule has 2 rings (SSSR count). The van der Waals surface area contributed by atoms with Gasteiger partial charge in [0.1, 0.15) is 0 Å². The van der Waals surface area contributed by atoms with Crippen LogP contribution in [0.15, 0.2) is 35.1 Å². The molecule has 1 N–H and O–H groups in total. The van der Waals surface area contributed by atoms with Crippen LogP contribution in [-0.2, 0) is 7.05 Å². The van der Waals surface area contributed by atoms with E-state index in [1.807, 2.05) is 0 Å². The lowest BCUT2D eigenvalue weighted by atomic mass is 10.1. The zero-order valence-electron chi connectivity index (χ0n) is 11.0. The first-order valence-electron chi connectivity index (χ1n) is 5.79. The lowest BCUT2D eigenvalue weighted by Gasteiger charge is -2.06. The number of phenolic OH excluding ortho intramolecular Hbond substituents is 1. The van der Waals surface area contributed by atoms with Crippen LogP contribution in [0.4, 0.5) is 0 Å². The molecule has 0 aliphatic rings. The number of carbonyl (C=O) groups excluding carboxylic acids is 1. The second kappa shape index (κ2) is 5.92. The molecule has 1 heterocycles. The van der Waals surface area contributed by atoms with Crippen LogP contribution in [0.5, 0.6) is 11.5 Å². The minimum absolute atomic E-state index is 0.0308. The number of halogens is 1. The summed E-state index contributed by atoms with van der Waals surface area (Å²) in [6.07, 6.45) is 6.28. The molecule has 5 nitrogen and oxygen atoms in total. The summed E-state index contributed by atoms with van der Waals surface area (Å²) in [7, 11) is 3.22. The Kier molecular flexibility index (Phi) is 4.24. The first-order valence-corrected chi connectivity index (χ1v) is 6.58. The highest BCUT2D eigenvalue weighted by atomic mass is 79.9. The van der Waals surface area contributed by atoms with E-state index >= 15 is 0 Å². The molecular formula is C14H13BrN2O3. The number of benzene rings is 1. The van der Waals surface area contributed by atoms with Crippen molar-refractivity contribution in [3.8, 4) is 11.5 Å². The monoisotopic (exact) mass is 336 g/mol. The van der Waals surface area contributed by atoms with Gasteiger partial charge in [-0.2, -0.15) is 5.10 Å². The van der Waals surface area contributed by atoms with Crippen LogP contribution < -0.4 is 4.74 Å². The van der Waals surface area contributed by atoms with Gasteiger partial charge in [-0.1, -0.05) is 6.08 Å². The minimum Gasteiger partial charge on any atom is -0.503 e. The Morgan fingerprint density at radius 3 is 2.85 bits per heavy atom. The van der Waals surface area contributed by atoms with Crippen molar-refractivity contribution in [3.63, 3.8) is 0 Å². The lowest BCUT2D eigenvalue weighted by Crippen LogP contribution is -1.92. The molecule has 0 saturated heterocycles. The van der Waals surface area contributed by atoms with Gasteiger partial charge in [0.15, 0.2) is 17.3 Å². The van der Waals surface area contributed by atoms with Crippen LogP contribution in [-0.4, -0.2) is 27.8 Å². The molecule has 0 aliphatic heterocycles. The topological polar surface area (TPSA) is 64.3 Å². The molecule has 2 aromatic rings. The van der Waals surface area contributed by atoms with Crippen LogP contribution in [0.25, 0.3) is 6.08 Å². The summed E-state index contributed by atoms with van der Waals surface area (Å²) in [5.74, 6) is 0.234. The fourth-order valence-corrected chi connectivity index (χ4v) is 2.12. The molecule has 1 aromatic heterocycles. The largest absolute Gasteiger partial charge is 0.503 e. The quantitative estimate of drug-likeness (QED) is 0.688. The van der Waals surface area contributed by atoms with Gasteiger partial charge in [-0.25, -0.2) is 0 Å². The number of ketones is 1. The highest BCUT2D eigenvalue weighted by Crippen LogP contribution is 2.35. The SMILES string of the molecule is COc1cc(C=CC(=O)c2cnn(C)c2)cc(Br)c1O. The van der Waals surface area contributed by atoms with Crippen molar-refractivity contribution in [1.29, 1.82) is 0 Å². The molecule has 0 amide bonds. The first-order chi connectivity index (χ1) is 9.51. The molecule has 104 valence electrons. The van der Waals surface area contributed by atoms with Crippen LogP contribution in [0.3, 0.4) is 0 Å². The maximum absolute atomic E-state index is 11.9. The Morgan fingerprint density at radius 1 is 1.50 bits per heavy atom.